The van der Waals surface area contributed by atoms with Gasteiger partial charge in [0.1, 0.15) is 5.82 Å². The van der Waals surface area contributed by atoms with Gasteiger partial charge >= 0.3 is 6.09 Å². The number of benzene rings is 1. The number of hydrogen-bond donors (Lipinski definition) is 2. The number of carbonyl (C=O) groups is 1. The number of unbranched alkanes of at least 4 members (excludes halogenated alkanes) is 3. The summed E-state index contributed by atoms with van der Waals surface area (Å²) < 4.78 is 0. The van der Waals surface area contributed by atoms with Crippen molar-refractivity contribution in [2.75, 3.05) is 0 Å². The van der Waals surface area contributed by atoms with Crippen LogP contribution < -0.4 is 0 Å². The fourth-order valence-corrected chi connectivity index (χ4v) is 3.31. The number of nitrogens with one attached hydrogen (secondary N) is 1. The Bertz CT molecular complexity index is 689. The molecule has 0 radical (unpaired) electrons. The van der Waals surface area contributed by atoms with Crippen LogP contribution in [0.1, 0.15) is 71.7 Å². The average Bonchev–Trinajstić information content (AvgIpc) is 3.06. The lowest BCUT2D eigenvalue weighted by Crippen LogP contribution is -2.47. The van der Waals surface area contributed by atoms with Crippen molar-refractivity contribution in [2.24, 2.45) is 0 Å². The number of rotatable bonds is 8. The van der Waals surface area contributed by atoms with Gasteiger partial charge in [0.2, 0.25) is 0 Å². The van der Waals surface area contributed by atoms with Crippen molar-refractivity contribution in [3.8, 4) is 11.3 Å². The quantitative estimate of drug-likeness (QED) is 0.581. The Kier molecular flexibility index (Phi) is 6.83. The molecule has 0 aliphatic carbocycles. The number of aromatic nitrogens is 2. The van der Waals surface area contributed by atoms with Gasteiger partial charge in [-0.25, -0.2) is 9.78 Å². The van der Waals surface area contributed by atoms with Crippen LogP contribution in [0, 0.1) is 0 Å². The van der Waals surface area contributed by atoms with E-state index in [1.54, 1.807) is 6.20 Å². The molecule has 2 aromatic rings. The maximum absolute atomic E-state index is 12.0. The molecule has 1 aromatic carbocycles. The highest BCUT2D eigenvalue weighted by Crippen LogP contribution is 2.32. The van der Waals surface area contributed by atoms with Crippen molar-refractivity contribution in [1.29, 1.82) is 0 Å². The highest BCUT2D eigenvalue weighted by Gasteiger charge is 2.35. The Hall–Kier alpha value is -2.30. The Balaban J connectivity index is 2.31. The summed E-state index contributed by atoms with van der Waals surface area (Å²) in [6.07, 6.45) is 6.08. The Labute approximate surface area is 156 Å². The maximum atomic E-state index is 12.0. The van der Waals surface area contributed by atoms with Crippen LogP contribution in [-0.2, 0) is 0 Å². The molecule has 2 rings (SSSR count). The van der Waals surface area contributed by atoms with Crippen LogP contribution in [0.4, 0.5) is 4.79 Å². The smallest absolute Gasteiger partial charge is 0.408 e. The molecule has 0 fully saturated rings. The summed E-state index contributed by atoms with van der Waals surface area (Å²) in [7, 11) is 0. The predicted molar refractivity (Wildman–Crippen MR) is 105 cm³/mol. The molecule has 0 aliphatic heterocycles. The summed E-state index contributed by atoms with van der Waals surface area (Å²) in [5.74, 6) is 0.720. The third kappa shape index (κ3) is 5.10. The van der Waals surface area contributed by atoms with E-state index in [1.165, 1.54) is 11.3 Å². The molecule has 2 N–H and O–H groups in total. The van der Waals surface area contributed by atoms with Crippen molar-refractivity contribution in [3.05, 3.63) is 42.4 Å². The average molecular weight is 357 g/mol. The molecular formula is C21H31N3O2. The van der Waals surface area contributed by atoms with Gasteiger partial charge in [0.25, 0.3) is 0 Å². The summed E-state index contributed by atoms with van der Waals surface area (Å²) >= 11 is 0. The first-order valence-corrected chi connectivity index (χ1v) is 9.47. The minimum Gasteiger partial charge on any atom is -0.465 e. The van der Waals surface area contributed by atoms with E-state index in [-0.39, 0.29) is 6.04 Å². The fourth-order valence-electron chi connectivity index (χ4n) is 3.31. The summed E-state index contributed by atoms with van der Waals surface area (Å²) in [6, 6.07) is 9.71. The van der Waals surface area contributed by atoms with Crippen LogP contribution in [0.2, 0.25) is 0 Å². The molecule has 0 unspecified atom stereocenters. The number of imidazole rings is 1. The van der Waals surface area contributed by atoms with E-state index in [0.29, 0.717) is 0 Å². The van der Waals surface area contributed by atoms with Gasteiger partial charge in [-0.1, -0.05) is 62.9 Å². The van der Waals surface area contributed by atoms with E-state index in [1.807, 2.05) is 51.1 Å². The normalized spacial score (nSPS) is 12.8. The minimum absolute atomic E-state index is 0.276. The van der Waals surface area contributed by atoms with Gasteiger partial charge in [-0.15, -0.1) is 0 Å². The highest BCUT2D eigenvalue weighted by molar-refractivity contribution is 5.67. The molecule has 142 valence electrons. The standard InChI is InChI=1S/C21H31N3O2/c1-5-6-7-11-14-18(24(20(25)26)21(2,3)4)19-22-15-17(23-19)16-12-9-8-10-13-16/h8-10,12-13,15,18H,5-7,11,14H2,1-4H3,(H,22,23)(H,25,26)/t18-/m1/s1. The van der Waals surface area contributed by atoms with Crippen LogP contribution in [0.3, 0.4) is 0 Å². The molecule has 1 amide bonds. The van der Waals surface area contributed by atoms with Gasteiger partial charge in [0.05, 0.1) is 17.9 Å². The maximum Gasteiger partial charge on any atom is 0.408 e. The van der Waals surface area contributed by atoms with E-state index in [2.05, 4.69) is 16.9 Å². The molecule has 0 spiro atoms. The predicted octanol–water partition coefficient (Wildman–Crippen LogP) is 5.87. The number of carboxylic acid groups (broad SMARTS) is 1. The number of hydrogen-bond acceptors (Lipinski definition) is 2. The molecule has 26 heavy (non-hydrogen) atoms. The first-order valence-electron chi connectivity index (χ1n) is 9.47. The molecule has 1 heterocycles. The molecule has 0 aliphatic rings. The van der Waals surface area contributed by atoms with E-state index in [9.17, 15) is 9.90 Å². The van der Waals surface area contributed by atoms with Crippen molar-refractivity contribution < 1.29 is 9.90 Å². The van der Waals surface area contributed by atoms with E-state index in [0.717, 1.165) is 42.8 Å². The van der Waals surface area contributed by atoms with Gasteiger partial charge in [-0.2, -0.15) is 0 Å². The lowest BCUT2D eigenvalue weighted by molar-refractivity contribution is 0.0630. The van der Waals surface area contributed by atoms with Crippen LogP contribution >= 0.6 is 0 Å². The van der Waals surface area contributed by atoms with E-state index < -0.39 is 11.6 Å². The third-order valence-corrected chi connectivity index (χ3v) is 4.57. The molecular weight excluding hydrogens is 326 g/mol. The summed E-state index contributed by atoms with van der Waals surface area (Å²) in [4.78, 5) is 21.5. The van der Waals surface area contributed by atoms with Crippen LogP contribution in [0.5, 0.6) is 0 Å². The summed E-state index contributed by atoms with van der Waals surface area (Å²) in [5, 5.41) is 9.85. The van der Waals surface area contributed by atoms with Crippen LogP contribution in [-0.4, -0.2) is 31.6 Å². The van der Waals surface area contributed by atoms with Gasteiger partial charge in [-0.05, 0) is 32.8 Å². The van der Waals surface area contributed by atoms with Crippen LogP contribution in [0.15, 0.2) is 36.5 Å². The van der Waals surface area contributed by atoms with Crippen molar-refractivity contribution in [2.45, 2.75) is 71.4 Å². The lowest BCUT2D eigenvalue weighted by Gasteiger charge is -2.39. The monoisotopic (exact) mass is 357 g/mol. The SMILES string of the molecule is CCCCCC[C@H](c1ncc(-c2ccccc2)[nH]1)N(C(=O)O)C(C)(C)C. The molecule has 1 aromatic heterocycles. The van der Waals surface area contributed by atoms with Crippen molar-refractivity contribution in [1.82, 2.24) is 14.9 Å². The van der Waals surface area contributed by atoms with Crippen molar-refractivity contribution in [3.63, 3.8) is 0 Å². The zero-order valence-corrected chi connectivity index (χ0v) is 16.3. The molecule has 0 saturated heterocycles. The number of nitrogens with zero attached hydrogens (tertiary/aromatic N) is 2. The van der Waals surface area contributed by atoms with Crippen molar-refractivity contribution >= 4 is 6.09 Å². The minimum atomic E-state index is -0.907. The van der Waals surface area contributed by atoms with Gasteiger partial charge in [0, 0.05) is 5.54 Å². The molecule has 0 saturated carbocycles. The van der Waals surface area contributed by atoms with Crippen LogP contribution in [0.25, 0.3) is 11.3 Å². The zero-order valence-electron chi connectivity index (χ0n) is 16.3. The summed E-state index contributed by atoms with van der Waals surface area (Å²) in [5.41, 5.74) is 1.47. The fraction of sp³-hybridized carbons (Fsp3) is 0.524. The van der Waals surface area contributed by atoms with E-state index in [4.69, 9.17) is 0 Å². The first-order chi connectivity index (χ1) is 12.3. The molecule has 5 nitrogen and oxygen atoms in total. The molecule has 1 atom stereocenters. The highest BCUT2D eigenvalue weighted by atomic mass is 16.4. The van der Waals surface area contributed by atoms with Gasteiger partial charge in [-0.3, -0.25) is 4.90 Å². The number of aromatic amines is 1. The zero-order chi connectivity index (χ0) is 19.2. The van der Waals surface area contributed by atoms with Gasteiger partial charge in [0.15, 0.2) is 0 Å². The first kappa shape index (κ1) is 20.0. The second kappa shape index (κ2) is 8.88. The Morgan fingerprint density at radius 3 is 2.46 bits per heavy atom. The Morgan fingerprint density at radius 1 is 1.19 bits per heavy atom. The Morgan fingerprint density at radius 2 is 1.88 bits per heavy atom. The third-order valence-electron chi connectivity index (χ3n) is 4.57. The van der Waals surface area contributed by atoms with E-state index >= 15 is 0 Å². The molecule has 0 bridgehead atoms. The van der Waals surface area contributed by atoms with Gasteiger partial charge < -0.3 is 10.1 Å². The topological polar surface area (TPSA) is 69.2 Å². The number of H-pyrrole nitrogens is 1. The number of amides is 1. The second-order valence-corrected chi connectivity index (χ2v) is 7.74. The second-order valence-electron chi connectivity index (χ2n) is 7.74. The lowest BCUT2D eigenvalue weighted by atomic mass is 9.99. The summed E-state index contributed by atoms with van der Waals surface area (Å²) in [6.45, 7) is 7.97. The molecule has 5 heteroatoms. The largest absolute Gasteiger partial charge is 0.465 e.